The number of halogens is 3. The Hall–Kier alpha value is -4.52. The van der Waals surface area contributed by atoms with Gasteiger partial charge in [0.2, 0.25) is 0 Å². The van der Waals surface area contributed by atoms with Crippen LogP contribution in [-0.4, -0.2) is 61.9 Å². The van der Waals surface area contributed by atoms with Crippen LogP contribution in [0.4, 0.5) is 18.9 Å². The zero-order valence-electron chi connectivity index (χ0n) is 19.1. The van der Waals surface area contributed by atoms with E-state index >= 15 is 0 Å². The lowest BCUT2D eigenvalue weighted by molar-refractivity contribution is -0.192. The number of imidazole rings is 1. The molecule has 188 valence electrons. The minimum absolute atomic E-state index is 0.145. The third-order valence-corrected chi connectivity index (χ3v) is 4.53. The molecule has 0 unspecified atom stereocenters. The number of carboxylic acids is 1. The van der Waals surface area contributed by atoms with Crippen LogP contribution in [0.3, 0.4) is 0 Å². The molecule has 0 saturated carbocycles. The number of nitrogens with zero attached hydrogens (tertiary/aromatic N) is 4. The van der Waals surface area contributed by atoms with Crippen LogP contribution in [0.5, 0.6) is 0 Å². The first-order valence-corrected chi connectivity index (χ1v) is 10.3. The van der Waals surface area contributed by atoms with E-state index in [9.17, 15) is 22.8 Å². The van der Waals surface area contributed by atoms with Gasteiger partial charge in [0, 0.05) is 11.8 Å². The van der Waals surface area contributed by atoms with Gasteiger partial charge in [0.15, 0.2) is 0 Å². The number of anilines is 1. The highest BCUT2D eigenvalue weighted by Crippen LogP contribution is 2.18. The topological polar surface area (TPSA) is 133 Å². The van der Waals surface area contributed by atoms with Crippen LogP contribution in [0.25, 0.3) is 16.7 Å². The maximum absolute atomic E-state index is 12.7. The van der Waals surface area contributed by atoms with E-state index in [0.29, 0.717) is 17.9 Å². The van der Waals surface area contributed by atoms with Crippen molar-refractivity contribution in [2.45, 2.75) is 12.7 Å². The summed E-state index contributed by atoms with van der Waals surface area (Å²) in [6.07, 6.45) is -5.08. The van der Waals surface area contributed by atoms with Crippen LogP contribution in [-0.2, 0) is 11.3 Å². The minimum Gasteiger partial charge on any atom is -0.475 e. The number of nitrogens with one attached hydrogen (secondary N) is 2. The molecule has 10 nitrogen and oxygen atoms in total. The zero-order valence-corrected chi connectivity index (χ0v) is 19.1. The first-order valence-electron chi connectivity index (χ1n) is 10.3. The number of carboxylic acid groups (broad SMARTS) is 1. The molecule has 0 aliphatic rings. The second kappa shape index (κ2) is 10.8. The summed E-state index contributed by atoms with van der Waals surface area (Å²) in [4.78, 5) is 43.5. The molecule has 2 aromatic carbocycles. The first-order chi connectivity index (χ1) is 16.9. The summed E-state index contributed by atoms with van der Waals surface area (Å²) in [6, 6.07) is 17.2. The van der Waals surface area contributed by atoms with Crippen molar-refractivity contribution >= 4 is 28.6 Å². The number of aromatic amines is 1. The number of carbonyl (C=O) groups excluding carboxylic acids is 1. The van der Waals surface area contributed by atoms with Crippen LogP contribution in [0.15, 0.2) is 65.5 Å². The normalized spacial score (nSPS) is 11.2. The standard InChI is InChI=1S/C21H20N6O2.C2HF3O2/c1-26(2)13-19-23-16-9-8-14(12-18(16)24-19)22-21(29)17-10-11-20(28)27(25-17)15-6-4-3-5-7-15;3-2(4,5)1(6)7/h3-12H,13H2,1-2H3,(H,22,29)(H,23,24);(H,6,7). The van der Waals surface area contributed by atoms with Crippen molar-refractivity contribution in [3.8, 4) is 5.69 Å². The number of rotatable bonds is 5. The third kappa shape index (κ3) is 6.76. The van der Waals surface area contributed by atoms with Gasteiger partial charge in [-0.1, -0.05) is 18.2 Å². The van der Waals surface area contributed by atoms with Gasteiger partial charge in [-0.25, -0.2) is 9.78 Å². The van der Waals surface area contributed by atoms with Gasteiger partial charge in [0.1, 0.15) is 11.5 Å². The monoisotopic (exact) mass is 502 g/mol. The van der Waals surface area contributed by atoms with Crippen molar-refractivity contribution in [3.63, 3.8) is 0 Å². The van der Waals surface area contributed by atoms with Crippen LogP contribution in [0.1, 0.15) is 16.3 Å². The maximum Gasteiger partial charge on any atom is 0.490 e. The number of alkyl halides is 3. The highest BCUT2D eigenvalue weighted by molar-refractivity contribution is 6.03. The lowest BCUT2D eigenvalue weighted by Gasteiger charge is -2.08. The van der Waals surface area contributed by atoms with Gasteiger partial charge in [-0.2, -0.15) is 23.0 Å². The van der Waals surface area contributed by atoms with Gasteiger partial charge < -0.3 is 20.3 Å². The molecule has 0 radical (unpaired) electrons. The van der Waals surface area contributed by atoms with E-state index in [0.717, 1.165) is 16.9 Å². The van der Waals surface area contributed by atoms with Gasteiger partial charge in [-0.3, -0.25) is 9.59 Å². The van der Waals surface area contributed by atoms with Crippen LogP contribution in [0, 0.1) is 0 Å². The predicted octanol–water partition coefficient (Wildman–Crippen LogP) is 3.06. The summed E-state index contributed by atoms with van der Waals surface area (Å²) < 4.78 is 32.9. The predicted molar refractivity (Wildman–Crippen MR) is 125 cm³/mol. The summed E-state index contributed by atoms with van der Waals surface area (Å²) >= 11 is 0. The number of amides is 1. The fraction of sp³-hybridized carbons (Fsp3) is 0.174. The van der Waals surface area contributed by atoms with Crippen molar-refractivity contribution in [1.29, 1.82) is 0 Å². The summed E-state index contributed by atoms with van der Waals surface area (Å²) in [7, 11) is 3.95. The van der Waals surface area contributed by atoms with Crippen molar-refractivity contribution < 1.29 is 27.9 Å². The van der Waals surface area contributed by atoms with Crippen molar-refractivity contribution in [2.75, 3.05) is 19.4 Å². The first kappa shape index (κ1) is 26.1. The molecule has 4 aromatic rings. The fourth-order valence-electron chi connectivity index (χ4n) is 3.00. The minimum atomic E-state index is -5.08. The van der Waals surface area contributed by atoms with Gasteiger partial charge in [-0.05, 0) is 50.5 Å². The number of carbonyl (C=O) groups is 2. The molecule has 0 aliphatic carbocycles. The molecule has 13 heteroatoms. The molecule has 0 spiro atoms. The van der Waals surface area contributed by atoms with Crippen LogP contribution in [0.2, 0.25) is 0 Å². The van der Waals surface area contributed by atoms with Crippen LogP contribution < -0.4 is 10.9 Å². The number of hydrogen-bond acceptors (Lipinski definition) is 6. The Morgan fingerprint density at radius 2 is 1.75 bits per heavy atom. The fourth-order valence-corrected chi connectivity index (χ4v) is 3.00. The Bertz CT molecular complexity index is 1430. The number of benzene rings is 2. The second-order valence-corrected chi connectivity index (χ2v) is 7.71. The Morgan fingerprint density at radius 3 is 2.36 bits per heavy atom. The van der Waals surface area contributed by atoms with Crippen LogP contribution >= 0.6 is 0 Å². The van der Waals surface area contributed by atoms with E-state index in [-0.39, 0.29) is 11.3 Å². The molecule has 2 heterocycles. The Labute approximate surface area is 202 Å². The highest BCUT2D eigenvalue weighted by atomic mass is 19.4. The number of H-pyrrole nitrogens is 1. The Balaban J connectivity index is 0.000000454. The number of aromatic nitrogens is 4. The summed E-state index contributed by atoms with van der Waals surface area (Å²) in [6.45, 7) is 0.696. The maximum atomic E-state index is 12.7. The zero-order chi connectivity index (χ0) is 26.5. The molecule has 4 rings (SSSR count). The smallest absolute Gasteiger partial charge is 0.475 e. The lowest BCUT2D eigenvalue weighted by Crippen LogP contribution is -2.24. The molecule has 1 amide bonds. The van der Waals surface area contributed by atoms with E-state index in [2.05, 4.69) is 20.4 Å². The largest absolute Gasteiger partial charge is 0.490 e. The van der Waals surface area contributed by atoms with E-state index < -0.39 is 18.1 Å². The quantitative estimate of drug-likeness (QED) is 0.382. The molecule has 2 aromatic heterocycles. The Kier molecular flexibility index (Phi) is 7.84. The number of hydrogen-bond donors (Lipinski definition) is 3. The molecule has 3 N–H and O–H groups in total. The second-order valence-electron chi connectivity index (χ2n) is 7.71. The van der Waals surface area contributed by atoms with Gasteiger partial charge in [-0.15, -0.1) is 0 Å². The number of para-hydroxylation sites is 1. The lowest BCUT2D eigenvalue weighted by atomic mass is 10.2. The van der Waals surface area contributed by atoms with Gasteiger partial charge in [0.25, 0.3) is 11.5 Å². The molecule has 0 aliphatic heterocycles. The number of fused-ring (bicyclic) bond motifs is 1. The van der Waals surface area contributed by atoms with E-state index in [1.165, 1.54) is 16.8 Å². The van der Waals surface area contributed by atoms with E-state index in [1.807, 2.05) is 37.2 Å². The Morgan fingerprint density at radius 1 is 1.08 bits per heavy atom. The van der Waals surface area contributed by atoms with E-state index in [1.54, 1.807) is 30.3 Å². The van der Waals surface area contributed by atoms with Crippen molar-refractivity contribution in [2.24, 2.45) is 0 Å². The summed E-state index contributed by atoms with van der Waals surface area (Å²) in [5, 5.41) is 14.2. The van der Waals surface area contributed by atoms with E-state index in [4.69, 9.17) is 9.90 Å². The molecule has 0 saturated heterocycles. The molecule has 0 bridgehead atoms. The van der Waals surface area contributed by atoms with Crippen molar-refractivity contribution in [1.82, 2.24) is 24.6 Å². The molecular formula is C23H21F3N6O4. The average Bonchev–Trinajstić information content (AvgIpc) is 3.20. The SMILES string of the molecule is CN(C)Cc1nc2ccc(NC(=O)c3ccc(=O)n(-c4ccccc4)n3)cc2[nH]1.O=C(O)C(F)(F)F. The average molecular weight is 502 g/mol. The molecule has 36 heavy (non-hydrogen) atoms. The molecule has 0 fully saturated rings. The van der Waals surface area contributed by atoms with Gasteiger partial charge in [0.05, 0.1) is 23.3 Å². The summed E-state index contributed by atoms with van der Waals surface area (Å²) in [5.41, 5.74) is 2.71. The third-order valence-electron chi connectivity index (χ3n) is 4.53. The van der Waals surface area contributed by atoms with Gasteiger partial charge >= 0.3 is 12.1 Å². The molecular weight excluding hydrogens is 481 g/mol. The number of aliphatic carboxylic acids is 1. The molecule has 0 atom stereocenters. The highest BCUT2D eigenvalue weighted by Gasteiger charge is 2.38. The summed E-state index contributed by atoms with van der Waals surface area (Å²) in [5.74, 6) is -2.31. The van der Waals surface area contributed by atoms with Crippen molar-refractivity contribution in [3.05, 3.63) is 82.5 Å².